The fourth-order valence-electron chi connectivity index (χ4n) is 2.53. The molecule has 1 fully saturated rings. The molecule has 0 spiro atoms. The zero-order chi connectivity index (χ0) is 13.8. The van der Waals surface area contributed by atoms with Crippen LogP contribution in [0.2, 0.25) is 0 Å². The number of aromatic hydroxyl groups is 1. The van der Waals surface area contributed by atoms with Crippen molar-refractivity contribution in [3.05, 3.63) is 29.6 Å². The molecule has 19 heavy (non-hydrogen) atoms. The number of carbonyl (C=O) groups is 1. The summed E-state index contributed by atoms with van der Waals surface area (Å²) in [7, 11) is 0. The number of phenols is 1. The van der Waals surface area contributed by atoms with E-state index in [-0.39, 0.29) is 29.2 Å². The van der Waals surface area contributed by atoms with Gasteiger partial charge in [-0.2, -0.15) is 0 Å². The van der Waals surface area contributed by atoms with Crippen LogP contribution in [0.4, 0.5) is 4.39 Å². The Bertz CT molecular complexity index is 467. The maximum atomic E-state index is 12.9. The highest BCUT2D eigenvalue weighted by molar-refractivity contribution is 6.18. The smallest absolute Gasteiger partial charge is 0.255 e. The van der Waals surface area contributed by atoms with Crippen molar-refractivity contribution in [2.24, 2.45) is 5.92 Å². The van der Waals surface area contributed by atoms with Crippen molar-refractivity contribution < 1.29 is 14.3 Å². The van der Waals surface area contributed by atoms with Gasteiger partial charge in [0.15, 0.2) is 0 Å². The monoisotopic (exact) mass is 285 g/mol. The molecule has 5 heteroatoms. The van der Waals surface area contributed by atoms with Gasteiger partial charge in [0.25, 0.3) is 5.91 Å². The van der Waals surface area contributed by atoms with Gasteiger partial charge in [0.1, 0.15) is 11.6 Å². The highest BCUT2D eigenvalue weighted by Crippen LogP contribution is 2.26. The highest BCUT2D eigenvalue weighted by atomic mass is 35.5. The van der Waals surface area contributed by atoms with Gasteiger partial charge in [0.2, 0.25) is 0 Å². The van der Waals surface area contributed by atoms with Gasteiger partial charge in [0, 0.05) is 18.0 Å². The third-order valence-electron chi connectivity index (χ3n) is 3.63. The van der Waals surface area contributed by atoms with Gasteiger partial charge in [-0.3, -0.25) is 4.79 Å². The number of amides is 1. The zero-order valence-corrected chi connectivity index (χ0v) is 11.3. The lowest BCUT2D eigenvalue weighted by atomic mass is 9.85. The van der Waals surface area contributed by atoms with Crippen LogP contribution in [-0.4, -0.2) is 22.9 Å². The van der Waals surface area contributed by atoms with Gasteiger partial charge >= 0.3 is 0 Å². The normalized spacial score (nSPS) is 23.1. The second-order valence-corrected chi connectivity index (χ2v) is 5.25. The van der Waals surface area contributed by atoms with Gasteiger partial charge in [-0.05, 0) is 30.9 Å². The van der Waals surface area contributed by atoms with Gasteiger partial charge < -0.3 is 10.4 Å². The third kappa shape index (κ3) is 3.38. The number of halogens is 2. The maximum absolute atomic E-state index is 12.9. The van der Waals surface area contributed by atoms with E-state index in [4.69, 9.17) is 11.6 Å². The van der Waals surface area contributed by atoms with Gasteiger partial charge in [-0.25, -0.2) is 4.39 Å². The van der Waals surface area contributed by atoms with Crippen molar-refractivity contribution in [2.45, 2.75) is 31.7 Å². The molecular weight excluding hydrogens is 269 g/mol. The third-order valence-corrected chi connectivity index (χ3v) is 4.02. The zero-order valence-electron chi connectivity index (χ0n) is 10.5. The molecule has 2 rings (SSSR count). The molecule has 1 aliphatic carbocycles. The Kier molecular flexibility index (Phi) is 4.64. The fraction of sp³-hybridized carbons (Fsp3) is 0.500. The van der Waals surface area contributed by atoms with Crippen LogP contribution in [-0.2, 0) is 0 Å². The standard InChI is InChI=1S/C14H17ClFNO2/c15-8-9-3-1-2-4-12(9)17-14(19)11-6-5-10(16)7-13(11)18/h5-7,9,12,18H,1-4,8H2,(H,17,19). The van der Waals surface area contributed by atoms with Crippen LogP contribution in [0, 0.1) is 11.7 Å². The molecule has 3 nitrogen and oxygen atoms in total. The molecular formula is C14H17ClFNO2. The van der Waals surface area contributed by atoms with E-state index in [0.29, 0.717) is 5.88 Å². The van der Waals surface area contributed by atoms with E-state index in [1.165, 1.54) is 6.07 Å². The van der Waals surface area contributed by atoms with E-state index in [2.05, 4.69) is 5.32 Å². The van der Waals surface area contributed by atoms with Gasteiger partial charge in [-0.15, -0.1) is 11.6 Å². The lowest BCUT2D eigenvalue weighted by Gasteiger charge is -2.30. The highest BCUT2D eigenvalue weighted by Gasteiger charge is 2.26. The predicted molar refractivity (Wildman–Crippen MR) is 72.0 cm³/mol. The minimum atomic E-state index is -0.564. The van der Waals surface area contributed by atoms with E-state index in [1.54, 1.807) is 0 Å². The Morgan fingerprint density at radius 3 is 2.84 bits per heavy atom. The van der Waals surface area contributed by atoms with Crippen molar-refractivity contribution in [3.8, 4) is 5.75 Å². The maximum Gasteiger partial charge on any atom is 0.255 e. The van der Waals surface area contributed by atoms with Gasteiger partial charge in [0.05, 0.1) is 5.56 Å². The molecule has 1 amide bonds. The summed E-state index contributed by atoms with van der Waals surface area (Å²) in [5, 5.41) is 12.5. The summed E-state index contributed by atoms with van der Waals surface area (Å²) in [6, 6.07) is 3.42. The number of phenolic OH excluding ortho intramolecular Hbond substituents is 1. The Morgan fingerprint density at radius 1 is 1.42 bits per heavy atom. The molecule has 1 aliphatic rings. The topological polar surface area (TPSA) is 49.3 Å². The largest absolute Gasteiger partial charge is 0.507 e. The van der Waals surface area contributed by atoms with E-state index in [1.807, 2.05) is 0 Å². The molecule has 1 saturated carbocycles. The first-order chi connectivity index (χ1) is 9.11. The summed E-state index contributed by atoms with van der Waals surface area (Å²) in [4.78, 5) is 12.1. The molecule has 1 aromatic carbocycles. The summed E-state index contributed by atoms with van der Waals surface area (Å²) >= 11 is 5.91. The van der Waals surface area contributed by atoms with Gasteiger partial charge in [-0.1, -0.05) is 12.8 Å². The van der Waals surface area contributed by atoms with Crippen LogP contribution >= 0.6 is 11.6 Å². The molecule has 0 saturated heterocycles. The van der Waals surface area contributed by atoms with Crippen LogP contribution in [0.15, 0.2) is 18.2 Å². The van der Waals surface area contributed by atoms with Crippen molar-refractivity contribution in [2.75, 3.05) is 5.88 Å². The number of hydrogen-bond donors (Lipinski definition) is 2. The van der Waals surface area contributed by atoms with E-state index >= 15 is 0 Å². The molecule has 0 aromatic heterocycles. The summed E-state index contributed by atoms with van der Waals surface area (Å²) in [5.74, 6) is -0.497. The number of nitrogens with one attached hydrogen (secondary N) is 1. The number of alkyl halides is 1. The number of benzene rings is 1. The number of carbonyl (C=O) groups excluding carboxylic acids is 1. The van der Waals surface area contributed by atoms with Crippen LogP contribution < -0.4 is 5.32 Å². The number of hydrogen-bond acceptors (Lipinski definition) is 2. The lowest BCUT2D eigenvalue weighted by Crippen LogP contribution is -2.42. The molecule has 2 atom stereocenters. The lowest BCUT2D eigenvalue weighted by molar-refractivity contribution is 0.0908. The summed E-state index contributed by atoms with van der Waals surface area (Å²) in [6.07, 6.45) is 4.09. The molecule has 1 aromatic rings. The molecule has 104 valence electrons. The molecule has 0 aliphatic heterocycles. The summed E-state index contributed by atoms with van der Waals surface area (Å²) in [6.45, 7) is 0. The second-order valence-electron chi connectivity index (χ2n) is 4.94. The predicted octanol–water partition coefficient (Wildman–Crippen LogP) is 3.06. The minimum Gasteiger partial charge on any atom is -0.507 e. The molecule has 2 unspecified atom stereocenters. The number of rotatable bonds is 3. The van der Waals surface area contributed by atoms with Crippen LogP contribution in [0.5, 0.6) is 5.75 Å². The van der Waals surface area contributed by atoms with Crippen molar-refractivity contribution in [1.29, 1.82) is 0 Å². The Balaban J connectivity index is 2.07. The molecule has 2 N–H and O–H groups in total. The van der Waals surface area contributed by atoms with Crippen LogP contribution in [0.25, 0.3) is 0 Å². The van der Waals surface area contributed by atoms with Crippen LogP contribution in [0.3, 0.4) is 0 Å². The first-order valence-electron chi connectivity index (χ1n) is 6.47. The van der Waals surface area contributed by atoms with Crippen molar-refractivity contribution in [1.82, 2.24) is 5.32 Å². The van der Waals surface area contributed by atoms with Crippen molar-refractivity contribution in [3.63, 3.8) is 0 Å². The van der Waals surface area contributed by atoms with E-state index in [9.17, 15) is 14.3 Å². The Labute approximate surface area is 116 Å². The Hall–Kier alpha value is -1.29. The average Bonchev–Trinajstić information content (AvgIpc) is 2.39. The molecule has 0 radical (unpaired) electrons. The quantitative estimate of drug-likeness (QED) is 0.839. The first-order valence-corrected chi connectivity index (χ1v) is 7.00. The van der Waals surface area contributed by atoms with Crippen LogP contribution in [0.1, 0.15) is 36.0 Å². The first kappa shape index (κ1) is 14.1. The minimum absolute atomic E-state index is 0.0307. The molecule has 0 bridgehead atoms. The SMILES string of the molecule is O=C(NC1CCCCC1CCl)c1ccc(F)cc1O. The second kappa shape index (κ2) is 6.24. The van der Waals surface area contributed by atoms with E-state index < -0.39 is 5.82 Å². The molecule has 0 heterocycles. The summed E-state index contributed by atoms with van der Waals surface area (Å²) in [5.41, 5.74) is 0.0975. The Morgan fingerprint density at radius 2 is 2.16 bits per heavy atom. The van der Waals surface area contributed by atoms with Crippen molar-refractivity contribution >= 4 is 17.5 Å². The average molecular weight is 286 g/mol. The summed E-state index contributed by atoms with van der Waals surface area (Å²) < 4.78 is 12.9. The van der Waals surface area contributed by atoms with E-state index in [0.717, 1.165) is 37.8 Å². The fourth-order valence-corrected chi connectivity index (χ4v) is 2.89.